The van der Waals surface area contributed by atoms with Crippen molar-refractivity contribution in [1.82, 2.24) is 0 Å². The number of fused-ring (bicyclic) bond motifs is 2. The average Bonchev–Trinajstić information content (AvgIpc) is 3.15. The van der Waals surface area contributed by atoms with Crippen LogP contribution in [-0.2, 0) is 25.3 Å². The summed E-state index contributed by atoms with van der Waals surface area (Å²) in [6.45, 7) is 13.9. The van der Waals surface area contributed by atoms with Gasteiger partial charge < -0.3 is 18.6 Å². The van der Waals surface area contributed by atoms with Gasteiger partial charge in [0.2, 0.25) is 0 Å². The first kappa shape index (κ1) is 28.5. The summed E-state index contributed by atoms with van der Waals surface area (Å²) in [5.74, 6) is 0.916. The first-order valence-corrected chi connectivity index (χ1v) is 15.9. The molecule has 5 nitrogen and oxygen atoms in total. The summed E-state index contributed by atoms with van der Waals surface area (Å²) in [6, 6.07) is 28.9. The smallest absolute Gasteiger partial charge is 0.261 e. The Morgan fingerprint density at radius 3 is 2.05 bits per heavy atom. The first-order chi connectivity index (χ1) is 19.1. The van der Waals surface area contributed by atoms with Gasteiger partial charge in [-0.2, -0.15) is 0 Å². The molecule has 40 heavy (non-hydrogen) atoms. The molecule has 210 valence electrons. The summed E-state index contributed by atoms with van der Waals surface area (Å²) in [5, 5.41) is 2.26. The maximum atomic E-state index is 13.4. The van der Waals surface area contributed by atoms with Crippen LogP contribution in [0.15, 0.2) is 97.1 Å². The molecule has 4 atom stereocenters. The van der Waals surface area contributed by atoms with E-state index >= 15 is 0 Å². The molecule has 0 aromatic heterocycles. The van der Waals surface area contributed by atoms with Crippen molar-refractivity contribution in [2.24, 2.45) is 5.41 Å². The minimum absolute atomic E-state index is 0.121. The maximum Gasteiger partial charge on any atom is 0.261 e. The van der Waals surface area contributed by atoms with Crippen LogP contribution >= 0.6 is 0 Å². The van der Waals surface area contributed by atoms with Crippen molar-refractivity contribution in [2.45, 2.75) is 64.1 Å². The molecule has 0 N–H and O–H groups in total. The van der Waals surface area contributed by atoms with E-state index in [2.05, 4.69) is 75.9 Å². The van der Waals surface area contributed by atoms with Crippen LogP contribution in [0.4, 0.5) is 0 Å². The van der Waals surface area contributed by atoms with Crippen molar-refractivity contribution in [1.29, 1.82) is 0 Å². The number of methoxy groups -OCH3 is 1. The van der Waals surface area contributed by atoms with Gasteiger partial charge in [0.05, 0.1) is 31.8 Å². The molecule has 0 unspecified atom stereocenters. The molecule has 6 heteroatoms. The highest BCUT2D eigenvalue weighted by molar-refractivity contribution is 6.99. The van der Waals surface area contributed by atoms with E-state index in [0.717, 1.165) is 16.9 Å². The van der Waals surface area contributed by atoms with Gasteiger partial charge in [-0.15, -0.1) is 0 Å². The van der Waals surface area contributed by atoms with E-state index in [0.29, 0.717) is 19.6 Å². The lowest BCUT2D eigenvalue weighted by molar-refractivity contribution is -0.152. The Kier molecular flexibility index (Phi) is 7.90. The highest BCUT2D eigenvalue weighted by Crippen LogP contribution is 2.50. The van der Waals surface area contributed by atoms with E-state index in [1.54, 1.807) is 7.11 Å². The molecule has 1 saturated heterocycles. The monoisotopic (exact) mass is 556 g/mol. The quantitative estimate of drug-likeness (QED) is 0.259. The molecule has 0 radical (unpaired) electrons. The van der Waals surface area contributed by atoms with E-state index in [1.807, 2.05) is 43.3 Å². The number of hydrogen-bond donors (Lipinski definition) is 0. The second-order valence-electron chi connectivity index (χ2n) is 12.1. The molecular weight excluding hydrogens is 516 g/mol. The zero-order chi connectivity index (χ0) is 28.5. The van der Waals surface area contributed by atoms with Crippen molar-refractivity contribution in [3.63, 3.8) is 0 Å². The van der Waals surface area contributed by atoms with Crippen LogP contribution < -0.4 is 15.1 Å². The molecule has 3 aromatic rings. The molecule has 1 aliphatic carbocycles. The highest BCUT2D eigenvalue weighted by atomic mass is 28.4. The van der Waals surface area contributed by atoms with Crippen LogP contribution in [0.3, 0.4) is 0 Å². The maximum absolute atomic E-state index is 13.4. The van der Waals surface area contributed by atoms with Crippen molar-refractivity contribution in [3.05, 3.63) is 103 Å². The molecule has 2 bridgehead atoms. The molecule has 5 rings (SSSR count). The zero-order valence-corrected chi connectivity index (χ0v) is 25.2. The lowest BCUT2D eigenvalue weighted by atomic mass is 9.74. The van der Waals surface area contributed by atoms with Crippen molar-refractivity contribution < 1.29 is 23.4 Å². The number of carbonyl (C=O) groups excluding carboxylic acids is 1. The van der Waals surface area contributed by atoms with Gasteiger partial charge in [0.1, 0.15) is 23.7 Å². The highest BCUT2D eigenvalue weighted by Gasteiger charge is 2.61. The summed E-state index contributed by atoms with van der Waals surface area (Å²) in [5.41, 5.74) is 0.928. The molecule has 2 fully saturated rings. The van der Waals surface area contributed by atoms with Crippen molar-refractivity contribution in [2.75, 3.05) is 13.7 Å². The van der Waals surface area contributed by atoms with Crippen LogP contribution in [0.25, 0.3) is 0 Å². The number of rotatable bonds is 9. The zero-order valence-electron chi connectivity index (χ0n) is 24.2. The second-order valence-corrected chi connectivity index (χ2v) is 16.4. The second kappa shape index (κ2) is 11.1. The summed E-state index contributed by atoms with van der Waals surface area (Å²) in [6.07, 6.45) is -0.810. The predicted octanol–water partition coefficient (Wildman–Crippen LogP) is 5.46. The van der Waals surface area contributed by atoms with E-state index in [9.17, 15) is 4.79 Å². The topological polar surface area (TPSA) is 54.0 Å². The van der Waals surface area contributed by atoms with Gasteiger partial charge in [0.15, 0.2) is 0 Å². The number of Topliss-reactive ketones (excluding diaryl/α,β-unsaturated/α-hetero) is 1. The Morgan fingerprint density at radius 2 is 1.52 bits per heavy atom. The third-order valence-electron chi connectivity index (χ3n) is 8.72. The van der Waals surface area contributed by atoms with Crippen LogP contribution in [0.1, 0.15) is 39.7 Å². The SMILES string of the molecule is C=C1[C@@H](CO[Si](c2ccccc2)(c2ccccc2)C(C)(C)C)O[C@@H]2CC(=O)[C@@]1(C)[C@H]2OCc1ccc(OC)cc1. The number of hydrogen-bond acceptors (Lipinski definition) is 5. The number of benzene rings is 3. The summed E-state index contributed by atoms with van der Waals surface area (Å²) in [7, 11) is -1.11. The third kappa shape index (κ3) is 4.88. The largest absolute Gasteiger partial charge is 0.497 e. The predicted molar refractivity (Wildman–Crippen MR) is 161 cm³/mol. The molecular formula is C34H40O5Si. The normalized spacial score (nSPS) is 24.8. The molecule has 1 aliphatic heterocycles. The van der Waals surface area contributed by atoms with Gasteiger partial charge in [0, 0.05) is 6.42 Å². The molecule has 1 saturated carbocycles. The molecule has 0 amide bonds. The summed E-state index contributed by atoms with van der Waals surface area (Å²) in [4.78, 5) is 13.4. The van der Waals surface area contributed by atoms with Gasteiger partial charge in [0.25, 0.3) is 8.32 Å². The Labute approximate surface area is 239 Å². The van der Waals surface area contributed by atoms with Crippen LogP contribution in [0.2, 0.25) is 5.04 Å². The lowest BCUT2D eigenvalue weighted by Crippen LogP contribution is -2.67. The van der Waals surface area contributed by atoms with Gasteiger partial charge in [-0.25, -0.2) is 0 Å². The average molecular weight is 557 g/mol. The van der Waals surface area contributed by atoms with E-state index in [1.165, 1.54) is 10.4 Å². The summed E-state index contributed by atoms with van der Waals surface area (Å²) < 4.78 is 25.4. The minimum Gasteiger partial charge on any atom is -0.497 e. The lowest BCUT2D eigenvalue weighted by Gasteiger charge is -2.46. The fourth-order valence-corrected chi connectivity index (χ4v) is 11.0. The number of carbonyl (C=O) groups is 1. The molecule has 2 aliphatic rings. The Bertz CT molecular complexity index is 1290. The van der Waals surface area contributed by atoms with Crippen molar-refractivity contribution >= 4 is 24.5 Å². The first-order valence-electron chi connectivity index (χ1n) is 14.0. The van der Waals surface area contributed by atoms with Crippen LogP contribution in [0, 0.1) is 5.41 Å². The Hall–Kier alpha value is -3.03. The van der Waals surface area contributed by atoms with Gasteiger partial charge >= 0.3 is 0 Å². The molecule has 0 spiro atoms. The number of ketones is 1. The molecule has 1 heterocycles. The fourth-order valence-electron chi connectivity index (χ4n) is 6.42. The standard InChI is InChI=1S/C34H40O5Si/c1-24-30(23-38-40(33(2,3)4,27-13-9-7-10-14-27)28-15-11-8-12-16-28)39-29-21-31(35)34(24,5)32(29)37-22-25-17-19-26(36-6)20-18-25/h7-20,29-30,32H,1,21-23H2,2-6H3/t29-,30-,32+,34+/m1/s1. The van der Waals surface area contributed by atoms with Gasteiger partial charge in [-0.3, -0.25) is 4.79 Å². The van der Waals surface area contributed by atoms with E-state index < -0.39 is 25.9 Å². The summed E-state index contributed by atoms with van der Waals surface area (Å²) >= 11 is 0. The number of ether oxygens (including phenoxy) is 3. The Balaban J connectivity index is 1.40. The van der Waals surface area contributed by atoms with Crippen molar-refractivity contribution in [3.8, 4) is 5.75 Å². The minimum atomic E-state index is -2.76. The van der Waals surface area contributed by atoms with Gasteiger partial charge in [-0.1, -0.05) is 100 Å². The third-order valence-corrected chi connectivity index (χ3v) is 13.7. The van der Waals surface area contributed by atoms with Crippen LogP contribution in [-0.4, -0.2) is 46.1 Å². The van der Waals surface area contributed by atoms with E-state index in [4.69, 9.17) is 18.6 Å². The van der Waals surface area contributed by atoms with Gasteiger partial charge in [-0.05, 0) is 45.6 Å². The molecule has 3 aromatic carbocycles. The van der Waals surface area contributed by atoms with Crippen LogP contribution in [0.5, 0.6) is 5.75 Å². The fraction of sp³-hybridized carbons (Fsp3) is 0.382. The Morgan fingerprint density at radius 1 is 0.950 bits per heavy atom. The van der Waals surface area contributed by atoms with E-state index in [-0.39, 0.29) is 16.9 Å².